The number of benzene rings is 1. The van der Waals surface area contributed by atoms with Crippen molar-refractivity contribution in [1.29, 1.82) is 0 Å². The summed E-state index contributed by atoms with van der Waals surface area (Å²) in [5, 5.41) is 3.40. The van der Waals surface area contributed by atoms with Crippen molar-refractivity contribution in [2.75, 3.05) is 19.7 Å². The molecule has 0 unspecified atom stereocenters. The smallest absolute Gasteiger partial charge is 0.162 e. The molecule has 0 atom stereocenters. The molecule has 0 aromatic heterocycles. The minimum Gasteiger partial charge on any atom is -0.490 e. The van der Waals surface area contributed by atoms with Crippen molar-refractivity contribution in [3.8, 4) is 11.5 Å². The molecule has 0 aliphatic heterocycles. The maximum absolute atomic E-state index is 6.35. The van der Waals surface area contributed by atoms with Crippen LogP contribution >= 0.6 is 0 Å². The summed E-state index contributed by atoms with van der Waals surface area (Å²) in [6.07, 6.45) is 5.66. The van der Waals surface area contributed by atoms with E-state index in [1.807, 2.05) is 24.3 Å². The molecule has 1 aliphatic rings. The summed E-state index contributed by atoms with van der Waals surface area (Å²) >= 11 is 0. The van der Waals surface area contributed by atoms with Crippen LogP contribution in [-0.2, 0) is 0 Å². The Balaban J connectivity index is 1.99. The number of rotatable bonds is 9. The van der Waals surface area contributed by atoms with E-state index in [0.717, 1.165) is 56.9 Å². The van der Waals surface area contributed by atoms with E-state index in [1.54, 1.807) is 0 Å². The maximum atomic E-state index is 6.35. The Morgan fingerprint density at radius 1 is 1.15 bits per heavy atom. The van der Waals surface area contributed by atoms with Gasteiger partial charge in [-0.25, -0.2) is 0 Å². The van der Waals surface area contributed by atoms with Crippen LogP contribution in [0.3, 0.4) is 0 Å². The first kappa shape index (κ1) is 15.2. The second-order valence-electron chi connectivity index (χ2n) is 5.54. The lowest BCUT2D eigenvalue weighted by Crippen LogP contribution is -2.45. The molecular formula is C17H27NO2. The molecule has 0 radical (unpaired) electrons. The average Bonchev–Trinajstić information content (AvgIpc) is 2.43. The highest BCUT2D eigenvalue weighted by Gasteiger charge is 2.39. The Bertz CT molecular complexity index is 402. The molecule has 0 amide bonds. The van der Waals surface area contributed by atoms with Gasteiger partial charge in [0.1, 0.15) is 5.60 Å². The van der Waals surface area contributed by atoms with Crippen LogP contribution in [0, 0.1) is 0 Å². The molecule has 0 saturated heterocycles. The van der Waals surface area contributed by atoms with E-state index in [1.165, 1.54) is 6.42 Å². The highest BCUT2D eigenvalue weighted by Crippen LogP contribution is 2.41. The van der Waals surface area contributed by atoms with E-state index >= 15 is 0 Å². The van der Waals surface area contributed by atoms with Crippen LogP contribution in [0.5, 0.6) is 11.5 Å². The minimum absolute atomic E-state index is 0.0217. The molecule has 3 heteroatoms. The quantitative estimate of drug-likeness (QED) is 0.697. The van der Waals surface area contributed by atoms with Gasteiger partial charge in [-0.3, -0.25) is 0 Å². The van der Waals surface area contributed by atoms with Gasteiger partial charge in [-0.1, -0.05) is 26.0 Å². The predicted octanol–water partition coefficient (Wildman–Crippen LogP) is 3.78. The van der Waals surface area contributed by atoms with Crippen molar-refractivity contribution in [3.05, 3.63) is 24.3 Å². The average molecular weight is 277 g/mol. The Hall–Kier alpha value is -1.22. The van der Waals surface area contributed by atoms with Crippen molar-refractivity contribution < 1.29 is 9.47 Å². The van der Waals surface area contributed by atoms with E-state index in [9.17, 15) is 0 Å². The molecule has 1 fully saturated rings. The van der Waals surface area contributed by atoms with Gasteiger partial charge < -0.3 is 14.8 Å². The Morgan fingerprint density at radius 2 is 1.90 bits per heavy atom. The molecular weight excluding hydrogens is 250 g/mol. The van der Waals surface area contributed by atoms with Crippen molar-refractivity contribution in [2.45, 2.75) is 51.6 Å². The van der Waals surface area contributed by atoms with Gasteiger partial charge in [-0.05, 0) is 57.3 Å². The van der Waals surface area contributed by atoms with Gasteiger partial charge in [-0.2, -0.15) is 0 Å². The van der Waals surface area contributed by atoms with Crippen LogP contribution in [0.2, 0.25) is 0 Å². The first-order valence-electron chi connectivity index (χ1n) is 7.91. The van der Waals surface area contributed by atoms with Crippen LogP contribution in [0.1, 0.15) is 46.0 Å². The first-order valence-corrected chi connectivity index (χ1v) is 7.91. The van der Waals surface area contributed by atoms with Crippen molar-refractivity contribution in [3.63, 3.8) is 0 Å². The van der Waals surface area contributed by atoms with E-state index in [4.69, 9.17) is 9.47 Å². The molecule has 2 rings (SSSR count). The SMILES string of the molecule is CCCOc1ccccc1OC1(CCNCC)CCC1. The van der Waals surface area contributed by atoms with Gasteiger partial charge >= 0.3 is 0 Å². The third-order valence-corrected chi connectivity index (χ3v) is 3.91. The van der Waals surface area contributed by atoms with Gasteiger partial charge in [0, 0.05) is 0 Å². The molecule has 1 saturated carbocycles. The van der Waals surface area contributed by atoms with Crippen LogP contribution in [-0.4, -0.2) is 25.3 Å². The monoisotopic (exact) mass is 277 g/mol. The number of hydrogen-bond acceptors (Lipinski definition) is 3. The Morgan fingerprint density at radius 3 is 2.50 bits per heavy atom. The Labute approximate surface area is 122 Å². The van der Waals surface area contributed by atoms with Crippen LogP contribution < -0.4 is 14.8 Å². The van der Waals surface area contributed by atoms with E-state index in [0.29, 0.717) is 0 Å². The highest BCUT2D eigenvalue weighted by atomic mass is 16.5. The lowest BCUT2D eigenvalue weighted by molar-refractivity contribution is -0.0163. The Kier molecular flexibility index (Phi) is 5.72. The summed E-state index contributed by atoms with van der Waals surface area (Å²) in [6, 6.07) is 8.05. The third kappa shape index (κ3) is 3.89. The summed E-state index contributed by atoms with van der Waals surface area (Å²) in [4.78, 5) is 0. The summed E-state index contributed by atoms with van der Waals surface area (Å²) in [6.45, 7) is 7.04. The summed E-state index contributed by atoms with van der Waals surface area (Å²) in [5.41, 5.74) is 0.0217. The zero-order valence-electron chi connectivity index (χ0n) is 12.8. The topological polar surface area (TPSA) is 30.5 Å². The fraction of sp³-hybridized carbons (Fsp3) is 0.647. The van der Waals surface area contributed by atoms with Crippen LogP contribution in [0.15, 0.2) is 24.3 Å². The van der Waals surface area contributed by atoms with Gasteiger partial charge in [-0.15, -0.1) is 0 Å². The van der Waals surface area contributed by atoms with Crippen molar-refractivity contribution in [2.24, 2.45) is 0 Å². The zero-order chi connectivity index (χ0) is 14.3. The maximum Gasteiger partial charge on any atom is 0.162 e. The first-order chi connectivity index (χ1) is 9.79. The summed E-state index contributed by atoms with van der Waals surface area (Å²) < 4.78 is 12.1. The fourth-order valence-electron chi connectivity index (χ4n) is 2.57. The van der Waals surface area contributed by atoms with Crippen LogP contribution in [0.25, 0.3) is 0 Å². The lowest BCUT2D eigenvalue weighted by atomic mass is 9.77. The van der Waals surface area contributed by atoms with E-state index in [-0.39, 0.29) is 5.60 Å². The molecule has 20 heavy (non-hydrogen) atoms. The van der Waals surface area contributed by atoms with Crippen molar-refractivity contribution in [1.82, 2.24) is 5.32 Å². The van der Waals surface area contributed by atoms with Gasteiger partial charge in [0.15, 0.2) is 11.5 Å². The normalized spacial score (nSPS) is 16.5. The predicted molar refractivity (Wildman–Crippen MR) is 82.6 cm³/mol. The standard InChI is InChI=1S/C17H27NO2/c1-3-14-19-15-8-5-6-9-16(15)20-17(10-7-11-17)12-13-18-4-2/h5-6,8-9,18H,3-4,7,10-14H2,1-2H3. The van der Waals surface area contributed by atoms with E-state index < -0.39 is 0 Å². The fourth-order valence-corrected chi connectivity index (χ4v) is 2.57. The highest BCUT2D eigenvalue weighted by molar-refractivity contribution is 5.40. The molecule has 3 nitrogen and oxygen atoms in total. The number of hydrogen-bond donors (Lipinski definition) is 1. The molecule has 0 bridgehead atoms. The van der Waals surface area contributed by atoms with Gasteiger partial charge in [0.05, 0.1) is 6.61 Å². The molecule has 112 valence electrons. The molecule has 1 aliphatic carbocycles. The van der Waals surface area contributed by atoms with Gasteiger partial charge in [0.25, 0.3) is 0 Å². The molecule has 1 aromatic carbocycles. The number of ether oxygens (including phenoxy) is 2. The minimum atomic E-state index is 0.0217. The number of para-hydroxylation sites is 2. The number of nitrogens with one attached hydrogen (secondary N) is 1. The molecule has 0 spiro atoms. The second kappa shape index (κ2) is 7.53. The molecule has 0 heterocycles. The third-order valence-electron chi connectivity index (χ3n) is 3.91. The molecule has 1 N–H and O–H groups in total. The van der Waals surface area contributed by atoms with E-state index in [2.05, 4.69) is 19.2 Å². The second-order valence-corrected chi connectivity index (χ2v) is 5.54. The van der Waals surface area contributed by atoms with Crippen LogP contribution in [0.4, 0.5) is 0 Å². The summed E-state index contributed by atoms with van der Waals surface area (Å²) in [5.74, 6) is 1.78. The summed E-state index contributed by atoms with van der Waals surface area (Å²) in [7, 11) is 0. The van der Waals surface area contributed by atoms with Gasteiger partial charge in [0.2, 0.25) is 0 Å². The van der Waals surface area contributed by atoms with Crippen molar-refractivity contribution >= 4 is 0 Å². The zero-order valence-corrected chi connectivity index (χ0v) is 12.8. The lowest BCUT2D eigenvalue weighted by Gasteiger charge is -2.42. The molecule has 1 aromatic rings. The largest absolute Gasteiger partial charge is 0.490 e.